The zero-order valence-corrected chi connectivity index (χ0v) is 16.0. The van der Waals surface area contributed by atoms with E-state index in [0.29, 0.717) is 30.0 Å². The predicted molar refractivity (Wildman–Crippen MR) is 108 cm³/mol. The summed E-state index contributed by atoms with van der Waals surface area (Å²) in [5.41, 5.74) is 8.82. The number of imidazole rings is 1. The van der Waals surface area contributed by atoms with Crippen molar-refractivity contribution in [2.45, 2.75) is 32.2 Å². The number of nitrogens with one attached hydrogen (secondary N) is 3. The van der Waals surface area contributed by atoms with Crippen molar-refractivity contribution in [2.24, 2.45) is 11.7 Å². The standard InChI is InChI=1S/C20H25N5O3/c1-3-12-5-4-6-15(21)19-22-11-17(25-19)14-8-7-13(23-20(27)28-2)10-16(14)24-18(26)9-12/h4-5,7-8,10-12,15H,3,6,9,21H2,1-2H3,(H,22,25)(H,23,27)(H,24,26)/b5-4+. The van der Waals surface area contributed by atoms with E-state index >= 15 is 0 Å². The van der Waals surface area contributed by atoms with Crippen LogP contribution in [0.3, 0.4) is 0 Å². The van der Waals surface area contributed by atoms with Crippen molar-refractivity contribution in [3.05, 3.63) is 42.4 Å². The van der Waals surface area contributed by atoms with Crippen LogP contribution in [0.25, 0.3) is 11.3 Å². The molecule has 1 aliphatic heterocycles. The van der Waals surface area contributed by atoms with Gasteiger partial charge in [-0.05, 0) is 37.0 Å². The highest BCUT2D eigenvalue weighted by atomic mass is 16.5. The highest BCUT2D eigenvalue weighted by molar-refractivity contribution is 5.97. The Balaban J connectivity index is 2.02. The van der Waals surface area contributed by atoms with Crippen molar-refractivity contribution >= 4 is 23.4 Å². The lowest BCUT2D eigenvalue weighted by Crippen LogP contribution is -2.17. The Morgan fingerprint density at radius 2 is 2.25 bits per heavy atom. The Morgan fingerprint density at radius 1 is 1.43 bits per heavy atom. The number of hydrogen-bond donors (Lipinski definition) is 4. The summed E-state index contributed by atoms with van der Waals surface area (Å²) in [7, 11) is 1.29. The normalized spacial score (nSPS) is 20.6. The molecule has 1 aromatic heterocycles. The summed E-state index contributed by atoms with van der Waals surface area (Å²) in [6, 6.07) is 4.98. The number of amides is 2. The third-order valence-electron chi connectivity index (χ3n) is 4.73. The van der Waals surface area contributed by atoms with E-state index in [1.54, 1.807) is 24.4 Å². The maximum absolute atomic E-state index is 12.6. The van der Waals surface area contributed by atoms with Crippen molar-refractivity contribution in [1.82, 2.24) is 9.97 Å². The minimum Gasteiger partial charge on any atom is -0.453 e. The summed E-state index contributed by atoms with van der Waals surface area (Å²) in [5, 5.41) is 5.57. The van der Waals surface area contributed by atoms with Gasteiger partial charge in [0.15, 0.2) is 0 Å². The van der Waals surface area contributed by atoms with Crippen molar-refractivity contribution < 1.29 is 14.3 Å². The molecule has 5 N–H and O–H groups in total. The van der Waals surface area contributed by atoms with Gasteiger partial charge >= 0.3 is 6.09 Å². The Hall–Kier alpha value is -3.13. The number of carbonyl (C=O) groups is 2. The summed E-state index contributed by atoms with van der Waals surface area (Å²) >= 11 is 0. The molecule has 2 bridgehead atoms. The van der Waals surface area contributed by atoms with Crippen LogP contribution in [-0.2, 0) is 9.53 Å². The lowest BCUT2D eigenvalue weighted by molar-refractivity contribution is -0.116. The lowest BCUT2D eigenvalue weighted by Gasteiger charge is -2.14. The van der Waals surface area contributed by atoms with Crippen LogP contribution in [0.5, 0.6) is 0 Å². The molecular formula is C20H25N5O3. The number of benzene rings is 1. The molecule has 1 aromatic carbocycles. The average molecular weight is 383 g/mol. The van der Waals surface area contributed by atoms with Gasteiger partial charge in [-0.25, -0.2) is 9.78 Å². The molecule has 2 aromatic rings. The van der Waals surface area contributed by atoms with Crippen LogP contribution in [0.4, 0.5) is 16.2 Å². The van der Waals surface area contributed by atoms with Crippen molar-refractivity contribution in [1.29, 1.82) is 0 Å². The summed E-state index contributed by atoms with van der Waals surface area (Å²) in [6.07, 6.45) is 7.01. The number of carbonyl (C=O) groups excluding carboxylic acids is 2. The number of nitrogens with zero attached hydrogens (tertiary/aromatic N) is 1. The van der Waals surface area contributed by atoms with E-state index in [-0.39, 0.29) is 17.9 Å². The number of rotatable bonds is 2. The van der Waals surface area contributed by atoms with Gasteiger partial charge in [-0.1, -0.05) is 19.1 Å². The zero-order chi connectivity index (χ0) is 20.1. The number of aromatic amines is 1. The fourth-order valence-corrected chi connectivity index (χ4v) is 3.11. The molecule has 148 valence electrons. The minimum absolute atomic E-state index is 0.101. The maximum atomic E-state index is 12.6. The molecule has 0 saturated heterocycles. The van der Waals surface area contributed by atoms with Crippen LogP contribution in [0, 0.1) is 5.92 Å². The summed E-state index contributed by atoms with van der Waals surface area (Å²) < 4.78 is 4.63. The molecule has 2 unspecified atom stereocenters. The Labute approximate surface area is 163 Å². The number of fused-ring (bicyclic) bond motifs is 4. The van der Waals surface area contributed by atoms with E-state index < -0.39 is 6.09 Å². The average Bonchev–Trinajstić information content (AvgIpc) is 3.16. The Bertz CT molecular complexity index is 890. The van der Waals surface area contributed by atoms with Crippen LogP contribution in [0.1, 0.15) is 38.1 Å². The number of allylic oxidation sites excluding steroid dienone is 1. The number of methoxy groups -OCH3 is 1. The van der Waals surface area contributed by atoms with Gasteiger partial charge in [0.05, 0.1) is 30.7 Å². The third-order valence-corrected chi connectivity index (χ3v) is 4.73. The monoisotopic (exact) mass is 383 g/mol. The minimum atomic E-state index is -0.582. The van der Waals surface area contributed by atoms with Crippen molar-refractivity contribution in [2.75, 3.05) is 17.7 Å². The molecular weight excluding hydrogens is 358 g/mol. The van der Waals surface area contributed by atoms with E-state index in [2.05, 4.69) is 25.3 Å². The first-order chi connectivity index (χ1) is 13.5. The van der Waals surface area contributed by atoms with E-state index in [9.17, 15) is 9.59 Å². The molecule has 0 fully saturated rings. The van der Waals surface area contributed by atoms with Gasteiger partial charge in [-0.15, -0.1) is 0 Å². The molecule has 2 amide bonds. The molecule has 0 aliphatic carbocycles. The van der Waals surface area contributed by atoms with Crippen LogP contribution < -0.4 is 16.4 Å². The molecule has 2 atom stereocenters. The van der Waals surface area contributed by atoms with Gasteiger partial charge in [0, 0.05) is 17.7 Å². The second kappa shape index (κ2) is 8.71. The first kappa shape index (κ1) is 19.6. The van der Waals surface area contributed by atoms with E-state index in [0.717, 1.165) is 17.7 Å². The quantitative estimate of drug-likeness (QED) is 0.591. The smallest absolute Gasteiger partial charge is 0.411 e. The highest BCUT2D eigenvalue weighted by Gasteiger charge is 2.17. The SMILES string of the molecule is CCC1/C=C/CC(N)c2ncc([nH]2)-c2ccc(NC(=O)OC)cc2NC(=O)C1. The van der Waals surface area contributed by atoms with Gasteiger partial charge in [-0.3, -0.25) is 10.1 Å². The molecule has 0 saturated carbocycles. The molecule has 28 heavy (non-hydrogen) atoms. The van der Waals surface area contributed by atoms with Crippen molar-refractivity contribution in [3.63, 3.8) is 0 Å². The zero-order valence-electron chi connectivity index (χ0n) is 16.0. The third kappa shape index (κ3) is 4.58. The number of H-pyrrole nitrogens is 1. The predicted octanol–water partition coefficient (Wildman–Crippen LogP) is 3.57. The van der Waals surface area contributed by atoms with Gasteiger partial charge < -0.3 is 20.8 Å². The fourth-order valence-electron chi connectivity index (χ4n) is 3.11. The van der Waals surface area contributed by atoms with Gasteiger partial charge in [0.2, 0.25) is 5.91 Å². The van der Waals surface area contributed by atoms with Crippen LogP contribution in [0.15, 0.2) is 36.5 Å². The number of aromatic nitrogens is 2. The fraction of sp³-hybridized carbons (Fsp3) is 0.350. The van der Waals surface area contributed by atoms with Crippen LogP contribution in [0.2, 0.25) is 0 Å². The molecule has 1 aliphatic rings. The topological polar surface area (TPSA) is 122 Å². The molecule has 0 spiro atoms. The number of anilines is 2. The first-order valence-electron chi connectivity index (χ1n) is 9.26. The van der Waals surface area contributed by atoms with Crippen molar-refractivity contribution in [3.8, 4) is 11.3 Å². The summed E-state index contributed by atoms with van der Waals surface area (Å²) in [6.45, 7) is 2.05. The van der Waals surface area contributed by atoms with E-state index in [1.165, 1.54) is 7.11 Å². The van der Waals surface area contributed by atoms with Gasteiger partial charge in [0.1, 0.15) is 5.82 Å². The van der Waals surface area contributed by atoms with E-state index in [1.807, 2.05) is 19.1 Å². The highest BCUT2D eigenvalue weighted by Crippen LogP contribution is 2.31. The number of ether oxygens (including phenoxy) is 1. The van der Waals surface area contributed by atoms with Gasteiger partial charge in [0.25, 0.3) is 0 Å². The Kier molecular flexibility index (Phi) is 6.10. The number of hydrogen-bond acceptors (Lipinski definition) is 5. The maximum Gasteiger partial charge on any atom is 0.411 e. The molecule has 8 heteroatoms. The molecule has 0 radical (unpaired) electrons. The van der Waals surface area contributed by atoms with Crippen LogP contribution in [-0.4, -0.2) is 29.1 Å². The summed E-state index contributed by atoms with van der Waals surface area (Å²) in [5.74, 6) is 0.705. The molecule has 2 heterocycles. The van der Waals surface area contributed by atoms with Gasteiger partial charge in [-0.2, -0.15) is 0 Å². The lowest BCUT2D eigenvalue weighted by atomic mass is 10.00. The Morgan fingerprint density at radius 3 is 3.00 bits per heavy atom. The second-order valence-electron chi connectivity index (χ2n) is 6.75. The van der Waals surface area contributed by atoms with Crippen LogP contribution >= 0.6 is 0 Å². The molecule has 8 nitrogen and oxygen atoms in total. The largest absolute Gasteiger partial charge is 0.453 e. The first-order valence-corrected chi connectivity index (χ1v) is 9.26. The molecule has 3 rings (SSSR count). The second-order valence-corrected chi connectivity index (χ2v) is 6.75. The number of nitrogens with two attached hydrogens (primary N) is 1. The van der Waals surface area contributed by atoms with E-state index in [4.69, 9.17) is 5.73 Å². The summed E-state index contributed by atoms with van der Waals surface area (Å²) in [4.78, 5) is 31.8.